The summed E-state index contributed by atoms with van der Waals surface area (Å²) in [5.74, 6) is -1.61. The first-order chi connectivity index (χ1) is 6.07. The number of carbonyl (C=O) groups excluding carboxylic acids is 1. The first-order valence-corrected chi connectivity index (χ1v) is 4.89. The van der Waals surface area contributed by atoms with Crippen LogP contribution in [-0.4, -0.2) is 12.5 Å². The molecule has 5 heteroatoms. The third-order valence-electron chi connectivity index (χ3n) is 1.44. The standard InChI is InChI=1S/C8H4Br2F2O/c9-4-1-2-5(10)8(12)7(4)6(13)3-11/h1-2H,3H2. The number of halogens is 4. The molecule has 70 valence electrons. The number of benzene rings is 1. The van der Waals surface area contributed by atoms with E-state index in [9.17, 15) is 13.6 Å². The molecule has 0 saturated carbocycles. The number of hydrogen-bond acceptors (Lipinski definition) is 1. The van der Waals surface area contributed by atoms with Crippen LogP contribution in [0.2, 0.25) is 0 Å². The fourth-order valence-corrected chi connectivity index (χ4v) is 1.71. The van der Waals surface area contributed by atoms with E-state index < -0.39 is 18.3 Å². The lowest BCUT2D eigenvalue weighted by Gasteiger charge is -2.03. The van der Waals surface area contributed by atoms with Gasteiger partial charge in [-0.05, 0) is 44.0 Å². The van der Waals surface area contributed by atoms with Gasteiger partial charge in [-0.1, -0.05) is 0 Å². The van der Waals surface area contributed by atoms with Crippen LogP contribution < -0.4 is 0 Å². The van der Waals surface area contributed by atoms with Gasteiger partial charge in [-0.3, -0.25) is 4.79 Å². The molecule has 0 aromatic heterocycles. The highest BCUT2D eigenvalue weighted by molar-refractivity contribution is 9.11. The third-order valence-corrected chi connectivity index (χ3v) is 2.72. The molecule has 0 spiro atoms. The van der Waals surface area contributed by atoms with Crippen LogP contribution in [0.25, 0.3) is 0 Å². The van der Waals surface area contributed by atoms with E-state index in [0.717, 1.165) is 0 Å². The molecule has 0 amide bonds. The second-order valence-electron chi connectivity index (χ2n) is 2.27. The van der Waals surface area contributed by atoms with Crippen molar-refractivity contribution in [1.82, 2.24) is 0 Å². The Hall–Kier alpha value is -0.290. The van der Waals surface area contributed by atoms with Gasteiger partial charge in [-0.2, -0.15) is 0 Å². The Labute approximate surface area is 90.4 Å². The number of ketones is 1. The Kier molecular flexibility index (Phi) is 3.55. The molecule has 0 unspecified atom stereocenters. The minimum absolute atomic E-state index is 0.146. The van der Waals surface area contributed by atoms with Crippen LogP contribution in [0.5, 0.6) is 0 Å². The molecule has 0 radical (unpaired) electrons. The predicted octanol–water partition coefficient (Wildman–Crippen LogP) is 3.50. The van der Waals surface area contributed by atoms with E-state index in [1.165, 1.54) is 12.1 Å². The van der Waals surface area contributed by atoms with Gasteiger partial charge in [0, 0.05) is 4.47 Å². The molecule has 0 aliphatic heterocycles. The van der Waals surface area contributed by atoms with Gasteiger partial charge >= 0.3 is 0 Å². The highest BCUT2D eigenvalue weighted by Gasteiger charge is 2.17. The van der Waals surface area contributed by atoms with Crippen molar-refractivity contribution in [3.8, 4) is 0 Å². The van der Waals surface area contributed by atoms with E-state index in [1.54, 1.807) is 0 Å². The van der Waals surface area contributed by atoms with Gasteiger partial charge in [-0.15, -0.1) is 0 Å². The van der Waals surface area contributed by atoms with Crippen LogP contribution in [-0.2, 0) is 0 Å². The molecule has 0 atom stereocenters. The van der Waals surface area contributed by atoms with Gasteiger partial charge in [0.1, 0.15) is 5.82 Å². The van der Waals surface area contributed by atoms with E-state index >= 15 is 0 Å². The lowest BCUT2D eigenvalue weighted by molar-refractivity contribution is 0.0953. The molecule has 0 N–H and O–H groups in total. The average molecular weight is 314 g/mol. The fraction of sp³-hybridized carbons (Fsp3) is 0.125. The Morgan fingerprint density at radius 3 is 2.38 bits per heavy atom. The van der Waals surface area contributed by atoms with Crippen LogP contribution in [0.15, 0.2) is 21.1 Å². The van der Waals surface area contributed by atoms with E-state index in [1.807, 2.05) is 0 Å². The maximum absolute atomic E-state index is 13.2. The first-order valence-electron chi connectivity index (χ1n) is 3.30. The minimum Gasteiger partial charge on any atom is -0.291 e. The maximum atomic E-state index is 13.2. The molecule has 0 fully saturated rings. The molecule has 0 aliphatic rings. The lowest BCUT2D eigenvalue weighted by Crippen LogP contribution is -2.05. The van der Waals surface area contributed by atoms with Crippen LogP contribution in [0.3, 0.4) is 0 Å². The number of Topliss-reactive ketones (excluding diaryl/α,β-unsaturated/α-hetero) is 1. The van der Waals surface area contributed by atoms with Crippen LogP contribution >= 0.6 is 31.9 Å². The largest absolute Gasteiger partial charge is 0.291 e. The van der Waals surface area contributed by atoms with Gasteiger partial charge in [0.05, 0.1) is 10.0 Å². The number of alkyl halides is 1. The molecule has 1 rings (SSSR count). The molecule has 0 aliphatic carbocycles. The minimum atomic E-state index is -1.20. The molecule has 0 heterocycles. The van der Waals surface area contributed by atoms with Crippen LogP contribution in [0.4, 0.5) is 8.78 Å². The molecule has 0 saturated heterocycles. The summed E-state index contributed by atoms with van der Waals surface area (Å²) in [5.41, 5.74) is -0.253. The van der Waals surface area contributed by atoms with Gasteiger partial charge in [0.25, 0.3) is 0 Å². The zero-order valence-corrected chi connectivity index (χ0v) is 9.45. The molecular formula is C8H4Br2F2O. The van der Waals surface area contributed by atoms with Gasteiger partial charge < -0.3 is 0 Å². The summed E-state index contributed by atoms with van der Waals surface area (Å²) < 4.78 is 25.7. The predicted molar refractivity (Wildman–Crippen MR) is 52.1 cm³/mol. The first kappa shape index (κ1) is 10.8. The Morgan fingerprint density at radius 1 is 1.31 bits per heavy atom. The summed E-state index contributed by atoms with van der Waals surface area (Å²) in [6.07, 6.45) is 0. The summed E-state index contributed by atoms with van der Waals surface area (Å²) in [6, 6.07) is 2.92. The Morgan fingerprint density at radius 2 is 1.85 bits per heavy atom. The van der Waals surface area contributed by atoms with Crippen LogP contribution in [0.1, 0.15) is 10.4 Å². The third kappa shape index (κ3) is 2.14. The van der Waals surface area contributed by atoms with Crippen molar-refractivity contribution in [2.45, 2.75) is 0 Å². The van der Waals surface area contributed by atoms with E-state index in [4.69, 9.17) is 0 Å². The van der Waals surface area contributed by atoms with Crippen molar-refractivity contribution in [1.29, 1.82) is 0 Å². The fourth-order valence-electron chi connectivity index (χ4n) is 0.849. The Bertz CT molecular complexity index is 352. The normalized spacial score (nSPS) is 10.2. The van der Waals surface area contributed by atoms with E-state index in [-0.39, 0.29) is 14.5 Å². The van der Waals surface area contributed by atoms with Gasteiger partial charge in [-0.25, -0.2) is 8.78 Å². The summed E-state index contributed by atoms with van der Waals surface area (Å²) in [7, 11) is 0. The molecule has 1 nitrogen and oxygen atoms in total. The number of carbonyl (C=O) groups is 1. The quantitative estimate of drug-likeness (QED) is 0.603. The van der Waals surface area contributed by atoms with Crippen LogP contribution in [0, 0.1) is 5.82 Å². The zero-order valence-electron chi connectivity index (χ0n) is 6.28. The average Bonchev–Trinajstić information content (AvgIpc) is 2.12. The maximum Gasteiger partial charge on any atom is 0.197 e. The molecular weight excluding hydrogens is 310 g/mol. The highest BCUT2D eigenvalue weighted by Crippen LogP contribution is 2.26. The van der Waals surface area contributed by atoms with Crippen molar-refractivity contribution >= 4 is 37.6 Å². The van der Waals surface area contributed by atoms with Crippen molar-refractivity contribution in [2.24, 2.45) is 0 Å². The summed E-state index contributed by atoms with van der Waals surface area (Å²) in [6.45, 7) is -1.20. The summed E-state index contributed by atoms with van der Waals surface area (Å²) in [5, 5.41) is 0. The molecule has 1 aromatic rings. The highest BCUT2D eigenvalue weighted by atomic mass is 79.9. The zero-order chi connectivity index (χ0) is 10.0. The van der Waals surface area contributed by atoms with E-state index in [0.29, 0.717) is 0 Å². The van der Waals surface area contributed by atoms with Crippen molar-refractivity contribution < 1.29 is 13.6 Å². The van der Waals surface area contributed by atoms with Gasteiger partial charge in [0.2, 0.25) is 0 Å². The van der Waals surface area contributed by atoms with E-state index in [2.05, 4.69) is 31.9 Å². The lowest BCUT2D eigenvalue weighted by atomic mass is 10.1. The smallest absolute Gasteiger partial charge is 0.197 e. The Balaban J connectivity index is 3.33. The second-order valence-corrected chi connectivity index (χ2v) is 3.98. The van der Waals surface area contributed by atoms with Crippen molar-refractivity contribution in [3.63, 3.8) is 0 Å². The summed E-state index contributed by atoms with van der Waals surface area (Å²) in [4.78, 5) is 10.9. The monoisotopic (exact) mass is 312 g/mol. The SMILES string of the molecule is O=C(CF)c1c(Br)ccc(Br)c1F. The summed E-state index contributed by atoms with van der Waals surface area (Å²) >= 11 is 5.88. The second kappa shape index (κ2) is 4.28. The van der Waals surface area contributed by atoms with Crippen molar-refractivity contribution in [2.75, 3.05) is 6.67 Å². The van der Waals surface area contributed by atoms with Crippen molar-refractivity contribution in [3.05, 3.63) is 32.5 Å². The number of hydrogen-bond donors (Lipinski definition) is 0. The molecule has 0 bridgehead atoms. The molecule has 1 aromatic carbocycles. The molecule has 13 heavy (non-hydrogen) atoms. The topological polar surface area (TPSA) is 17.1 Å². The van der Waals surface area contributed by atoms with Gasteiger partial charge in [0.15, 0.2) is 12.5 Å². The number of rotatable bonds is 2.